The minimum atomic E-state index is -0.926. The molecule has 0 aliphatic carbocycles. The molecule has 1 N–H and O–H groups in total. The molecule has 38 heavy (non-hydrogen) atoms. The van der Waals surface area contributed by atoms with Crippen LogP contribution >= 0.6 is 0 Å². The molecular weight excluding hydrogens is 504 g/mol. The highest BCUT2D eigenvalue weighted by Gasteiger charge is 2.35. The Hall–Kier alpha value is -3.76. The van der Waals surface area contributed by atoms with E-state index in [1.807, 2.05) is 6.92 Å². The summed E-state index contributed by atoms with van der Waals surface area (Å²) in [6.07, 6.45) is 3.16. The lowest BCUT2D eigenvalue weighted by Crippen LogP contribution is -2.35. The van der Waals surface area contributed by atoms with Gasteiger partial charge < -0.3 is 10.0 Å². The molecule has 1 fully saturated rings. The fourth-order valence-corrected chi connectivity index (χ4v) is 4.98. The molecule has 1 saturated heterocycles. The zero-order chi connectivity index (χ0) is 27.6. The van der Waals surface area contributed by atoms with Crippen molar-refractivity contribution in [3.63, 3.8) is 0 Å². The second kappa shape index (κ2) is 11.3. The van der Waals surface area contributed by atoms with Crippen molar-refractivity contribution in [1.29, 1.82) is 0 Å². The van der Waals surface area contributed by atoms with Crippen molar-refractivity contribution in [1.82, 2.24) is 19.4 Å². The highest BCUT2D eigenvalue weighted by Crippen LogP contribution is 2.33. The van der Waals surface area contributed by atoms with E-state index in [9.17, 15) is 32.3 Å². The first-order valence-electron chi connectivity index (χ1n) is 12.5. The predicted octanol–water partition coefficient (Wildman–Crippen LogP) is 4.87. The summed E-state index contributed by atoms with van der Waals surface area (Å²) >= 11 is 0. The van der Waals surface area contributed by atoms with Crippen molar-refractivity contribution in [3.8, 4) is 5.88 Å². The van der Waals surface area contributed by atoms with Crippen LogP contribution in [-0.4, -0.2) is 43.5 Å². The molecule has 3 aromatic rings. The number of rotatable bonds is 8. The summed E-state index contributed by atoms with van der Waals surface area (Å²) in [6.45, 7) is 3.81. The number of hydrogen-bond acceptors (Lipinski definition) is 5. The highest BCUT2D eigenvalue weighted by atomic mass is 19.1. The number of halogens is 4. The molecule has 11 heteroatoms. The van der Waals surface area contributed by atoms with Gasteiger partial charge in [-0.15, -0.1) is 0 Å². The van der Waals surface area contributed by atoms with Crippen LogP contribution in [0.25, 0.3) is 0 Å². The summed E-state index contributed by atoms with van der Waals surface area (Å²) in [5.41, 5.74) is -1.28. The Kier molecular flexibility index (Phi) is 8.13. The molecule has 1 amide bonds. The van der Waals surface area contributed by atoms with E-state index in [2.05, 4.69) is 9.97 Å². The largest absolute Gasteiger partial charge is 0.494 e. The Morgan fingerprint density at radius 1 is 1.11 bits per heavy atom. The van der Waals surface area contributed by atoms with Crippen molar-refractivity contribution < 1.29 is 27.5 Å². The average Bonchev–Trinajstić information content (AvgIpc) is 3.34. The van der Waals surface area contributed by atoms with Crippen LogP contribution in [0.3, 0.4) is 0 Å². The Morgan fingerprint density at radius 3 is 2.45 bits per heavy atom. The first-order valence-corrected chi connectivity index (χ1v) is 12.5. The zero-order valence-electron chi connectivity index (χ0n) is 21.1. The van der Waals surface area contributed by atoms with E-state index in [0.29, 0.717) is 19.3 Å². The highest BCUT2D eigenvalue weighted by molar-refractivity contribution is 5.96. The number of hydrogen-bond donors (Lipinski definition) is 1. The number of aromatic nitrogens is 3. The third-order valence-electron chi connectivity index (χ3n) is 6.81. The molecule has 1 aromatic carbocycles. The number of benzene rings is 1. The van der Waals surface area contributed by atoms with Gasteiger partial charge >= 0.3 is 0 Å². The second-order valence-electron chi connectivity index (χ2n) is 9.39. The van der Waals surface area contributed by atoms with Gasteiger partial charge in [-0.05, 0) is 37.0 Å². The molecule has 0 radical (unpaired) electrons. The number of nitrogens with zero attached hydrogens (tertiary/aromatic N) is 4. The number of carbonyl (C=O) groups excluding carboxylic acids is 1. The number of amides is 1. The average molecular weight is 533 g/mol. The Balaban J connectivity index is 1.74. The number of aryl methyl sites for hydroxylation is 1. The minimum Gasteiger partial charge on any atom is -0.494 e. The van der Waals surface area contributed by atoms with Crippen LogP contribution in [0.1, 0.15) is 78.9 Å². The molecule has 1 aliphatic heterocycles. The summed E-state index contributed by atoms with van der Waals surface area (Å²) < 4.78 is 57.0. The standard InChI is InChI=1S/C27H28F4N4O3/c1-3-5-6-22-33-25(36)23(27(38)35(22)21(4-2)16-9-17(28)11-18(29)10-16)26(37)34-8-7-15(14-34)24-20(31)12-19(30)13-32-24/h9-13,15,21,38H,3-8,14H2,1-2H3/t15?,21-/m1/s1. The van der Waals surface area contributed by atoms with Gasteiger partial charge in [0.25, 0.3) is 11.5 Å². The Bertz CT molecular complexity index is 1390. The lowest BCUT2D eigenvalue weighted by molar-refractivity contribution is 0.0783. The normalized spacial score (nSPS) is 16.2. The summed E-state index contributed by atoms with van der Waals surface area (Å²) in [5, 5.41) is 11.3. The minimum absolute atomic E-state index is 0.00281. The number of pyridine rings is 1. The third kappa shape index (κ3) is 5.41. The topological polar surface area (TPSA) is 88.3 Å². The van der Waals surface area contributed by atoms with Gasteiger partial charge in [0.2, 0.25) is 5.88 Å². The number of aromatic hydroxyl groups is 1. The van der Waals surface area contributed by atoms with Gasteiger partial charge in [0.05, 0.1) is 17.9 Å². The first-order chi connectivity index (χ1) is 18.1. The van der Waals surface area contributed by atoms with E-state index in [-0.39, 0.29) is 36.6 Å². The molecule has 0 saturated carbocycles. The molecule has 0 spiro atoms. The molecule has 202 valence electrons. The van der Waals surface area contributed by atoms with Crippen LogP contribution < -0.4 is 5.56 Å². The third-order valence-corrected chi connectivity index (χ3v) is 6.81. The van der Waals surface area contributed by atoms with E-state index in [0.717, 1.165) is 36.9 Å². The Morgan fingerprint density at radius 2 is 1.82 bits per heavy atom. The molecule has 2 atom stereocenters. The first kappa shape index (κ1) is 27.3. The van der Waals surface area contributed by atoms with E-state index in [1.165, 1.54) is 9.47 Å². The lowest BCUT2D eigenvalue weighted by atomic mass is 10.0. The Labute approximate surface area is 216 Å². The molecular formula is C27H28F4N4O3. The summed E-state index contributed by atoms with van der Waals surface area (Å²) in [7, 11) is 0. The van der Waals surface area contributed by atoms with Crippen molar-refractivity contribution >= 4 is 5.91 Å². The fraction of sp³-hybridized carbons (Fsp3) is 0.407. The maximum Gasteiger partial charge on any atom is 0.289 e. The van der Waals surface area contributed by atoms with Crippen molar-refractivity contribution in [2.75, 3.05) is 13.1 Å². The van der Waals surface area contributed by atoms with Gasteiger partial charge in [0.1, 0.15) is 29.1 Å². The van der Waals surface area contributed by atoms with E-state index >= 15 is 0 Å². The van der Waals surface area contributed by atoms with Crippen LogP contribution in [0.2, 0.25) is 0 Å². The smallest absolute Gasteiger partial charge is 0.289 e. The molecule has 1 unspecified atom stereocenters. The monoisotopic (exact) mass is 532 g/mol. The van der Waals surface area contributed by atoms with Gasteiger partial charge in [-0.2, -0.15) is 4.98 Å². The van der Waals surface area contributed by atoms with Crippen molar-refractivity contribution in [3.05, 3.63) is 86.7 Å². The van der Waals surface area contributed by atoms with E-state index in [1.54, 1.807) is 6.92 Å². The number of likely N-dealkylation sites (tertiary alicyclic amines) is 1. The van der Waals surface area contributed by atoms with Gasteiger partial charge in [-0.3, -0.25) is 19.1 Å². The van der Waals surface area contributed by atoms with Crippen LogP contribution in [0.5, 0.6) is 5.88 Å². The summed E-state index contributed by atoms with van der Waals surface area (Å²) in [6, 6.07) is 2.91. The van der Waals surface area contributed by atoms with Gasteiger partial charge in [-0.25, -0.2) is 17.6 Å². The summed E-state index contributed by atoms with van der Waals surface area (Å²) in [4.78, 5) is 35.7. The van der Waals surface area contributed by atoms with E-state index < -0.39 is 58.1 Å². The number of carbonyl (C=O) groups is 1. The SMILES string of the molecule is CCCCc1nc(=O)c(C(=O)N2CCC(c3ncc(F)cc3F)C2)c(O)n1[C@H](CC)c1cc(F)cc(F)c1. The quantitative estimate of drug-likeness (QED) is 0.418. The van der Waals surface area contributed by atoms with Crippen LogP contribution in [0.15, 0.2) is 35.3 Å². The molecule has 1 aliphatic rings. The van der Waals surface area contributed by atoms with E-state index in [4.69, 9.17) is 0 Å². The molecule has 7 nitrogen and oxygen atoms in total. The molecule has 2 aromatic heterocycles. The molecule has 0 bridgehead atoms. The predicted molar refractivity (Wildman–Crippen MR) is 131 cm³/mol. The summed E-state index contributed by atoms with van der Waals surface area (Å²) in [5.74, 6) is -5.04. The van der Waals surface area contributed by atoms with Crippen LogP contribution in [0.4, 0.5) is 17.6 Å². The lowest BCUT2D eigenvalue weighted by Gasteiger charge is -2.26. The fourth-order valence-electron chi connectivity index (χ4n) is 4.98. The number of unbranched alkanes of at least 4 members (excludes halogenated alkanes) is 1. The van der Waals surface area contributed by atoms with Gasteiger partial charge in [0, 0.05) is 37.6 Å². The van der Waals surface area contributed by atoms with Gasteiger partial charge in [0.15, 0.2) is 5.56 Å². The van der Waals surface area contributed by atoms with Crippen LogP contribution in [-0.2, 0) is 6.42 Å². The maximum absolute atomic E-state index is 14.3. The van der Waals surface area contributed by atoms with Crippen molar-refractivity contribution in [2.24, 2.45) is 0 Å². The van der Waals surface area contributed by atoms with Crippen molar-refractivity contribution in [2.45, 2.75) is 57.9 Å². The maximum atomic E-state index is 14.3. The second-order valence-corrected chi connectivity index (χ2v) is 9.39. The zero-order valence-corrected chi connectivity index (χ0v) is 21.1. The van der Waals surface area contributed by atoms with Gasteiger partial charge in [-0.1, -0.05) is 20.3 Å². The van der Waals surface area contributed by atoms with Crippen LogP contribution in [0, 0.1) is 23.3 Å². The molecule has 3 heterocycles. The molecule has 4 rings (SSSR count).